The van der Waals surface area contributed by atoms with E-state index < -0.39 is 5.79 Å². The van der Waals surface area contributed by atoms with Gasteiger partial charge in [0.25, 0.3) is 0 Å². The van der Waals surface area contributed by atoms with Crippen LogP contribution in [0.4, 0.5) is 0 Å². The van der Waals surface area contributed by atoms with E-state index in [-0.39, 0.29) is 0 Å². The van der Waals surface area contributed by atoms with Crippen LogP contribution in [-0.2, 0) is 22.7 Å². The Hall–Kier alpha value is -1.90. The topological polar surface area (TPSA) is 18.5 Å². The van der Waals surface area contributed by atoms with Gasteiger partial charge in [0.1, 0.15) is 0 Å². The first-order valence-corrected chi connectivity index (χ1v) is 7.12. The van der Waals surface area contributed by atoms with Gasteiger partial charge in [-0.2, -0.15) is 0 Å². The Kier molecular flexibility index (Phi) is 5.32. The molecule has 0 aliphatic heterocycles. The fraction of sp³-hybridized carbons (Fsp3) is 0.263. The largest absolute Gasteiger partial charge is 0.346 e. The lowest BCUT2D eigenvalue weighted by atomic mass is 10.1. The Morgan fingerprint density at radius 3 is 2.19 bits per heavy atom. The summed E-state index contributed by atoms with van der Waals surface area (Å²) in [6, 6.07) is 18.2. The molecule has 0 saturated heterocycles. The summed E-state index contributed by atoms with van der Waals surface area (Å²) in [6.45, 7) is 8.71. The Balaban J connectivity index is 1.87. The van der Waals surface area contributed by atoms with E-state index in [9.17, 15) is 0 Å². The number of rotatable bonds is 7. The van der Waals surface area contributed by atoms with Crippen LogP contribution in [0.2, 0.25) is 0 Å². The molecule has 2 nitrogen and oxygen atoms in total. The van der Waals surface area contributed by atoms with Gasteiger partial charge in [-0.25, -0.2) is 0 Å². The van der Waals surface area contributed by atoms with E-state index >= 15 is 0 Å². The average molecular weight is 282 g/mol. The zero-order chi connectivity index (χ0) is 15.1. The molecule has 0 N–H and O–H groups in total. The van der Waals surface area contributed by atoms with E-state index in [2.05, 4.69) is 12.6 Å². The van der Waals surface area contributed by atoms with Gasteiger partial charge in [0.05, 0.1) is 13.2 Å². The standard InChI is InChI=1S/C19H22O2/c1-4-16-11-8-12-18(13-16)15-21-19(2,3)20-14-17-9-6-5-7-10-17/h4-13H,1,14-15H2,2-3H3. The first-order valence-electron chi connectivity index (χ1n) is 7.12. The fourth-order valence-corrected chi connectivity index (χ4v) is 1.94. The van der Waals surface area contributed by atoms with Gasteiger partial charge in [0.15, 0.2) is 5.79 Å². The van der Waals surface area contributed by atoms with Gasteiger partial charge in [0.2, 0.25) is 0 Å². The Morgan fingerprint density at radius 2 is 1.52 bits per heavy atom. The van der Waals surface area contributed by atoms with Gasteiger partial charge in [-0.3, -0.25) is 0 Å². The zero-order valence-corrected chi connectivity index (χ0v) is 12.7. The summed E-state index contributed by atoms with van der Waals surface area (Å²) in [7, 11) is 0. The third kappa shape index (κ3) is 5.18. The van der Waals surface area contributed by atoms with E-state index in [0.717, 1.165) is 16.7 Å². The maximum Gasteiger partial charge on any atom is 0.163 e. The van der Waals surface area contributed by atoms with E-state index in [0.29, 0.717) is 13.2 Å². The first-order chi connectivity index (χ1) is 10.1. The molecule has 0 atom stereocenters. The first kappa shape index (κ1) is 15.5. The lowest BCUT2D eigenvalue weighted by Crippen LogP contribution is -2.28. The minimum Gasteiger partial charge on any atom is -0.346 e. The number of hydrogen-bond acceptors (Lipinski definition) is 2. The van der Waals surface area contributed by atoms with Gasteiger partial charge >= 0.3 is 0 Å². The lowest BCUT2D eigenvalue weighted by Gasteiger charge is -2.26. The minimum atomic E-state index is -0.625. The molecular formula is C19H22O2. The molecule has 2 aromatic rings. The smallest absolute Gasteiger partial charge is 0.163 e. The van der Waals surface area contributed by atoms with Crippen molar-refractivity contribution < 1.29 is 9.47 Å². The summed E-state index contributed by atoms with van der Waals surface area (Å²) < 4.78 is 11.7. The van der Waals surface area contributed by atoms with Crippen molar-refractivity contribution in [2.24, 2.45) is 0 Å². The predicted molar refractivity (Wildman–Crippen MR) is 86.6 cm³/mol. The van der Waals surface area contributed by atoms with E-state index in [1.165, 1.54) is 0 Å². The third-order valence-electron chi connectivity index (χ3n) is 3.20. The van der Waals surface area contributed by atoms with Crippen LogP contribution in [0.1, 0.15) is 30.5 Å². The second-order valence-electron chi connectivity index (χ2n) is 5.41. The molecular weight excluding hydrogens is 260 g/mol. The van der Waals surface area contributed by atoms with Crippen LogP contribution in [0, 0.1) is 0 Å². The van der Waals surface area contributed by atoms with Crippen LogP contribution < -0.4 is 0 Å². The number of benzene rings is 2. The zero-order valence-electron chi connectivity index (χ0n) is 12.7. The predicted octanol–water partition coefficient (Wildman–Crippen LogP) is 4.80. The minimum absolute atomic E-state index is 0.517. The summed E-state index contributed by atoms with van der Waals surface area (Å²) in [4.78, 5) is 0. The third-order valence-corrected chi connectivity index (χ3v) is 3.20. The SMILES string of the molecule is C=Cc1cccc(COC(C)(C)OCc2ccccc2)c1. The maximum absolute atomic E-state index is 5.88. The molecule has 2 heteroatoms. The molecule has 0 aliphatic rings. The molecule has 2 aromatic carbocycles. The summed E-state index contributed by atoms with van der Waals surface area (Å²) >= 11 is 0. The Bertz CT molecular complexity index is 573. The molecule has 21 heavy (non-hydrogen) atoms. The highest BCUT2D eigenvalue weighted by Gasteiger charge is 2.19. The maximum atomic E-state index is 5.88. The van der Waals surface area contributed by atoms with Gasteiger partial charge in [-0.05, 0) is 36.6 Å². The normalized spacial score (nSPS) is 11.3. The molecule has 0 saturated carbocycles. The fourth-order valence-electron chi connectivity index (χ4n) is 1.94. The van der Waals surface area contributed by atoms with Crippen LogP contribution in [0.5, 0.6) is 0 Å². The molecule has 0 bridgehead atoms. The summed E-state index contributed by atoms with van der Waals surface area (Å²) in [5, 5.41) is 0. The van der Waals surface area contributed by atoms with Crippen LogP contribution in [-0.4, -0.2) is 5.79 Å². The highest BCUT2D eigenvalue weighted by molar-refractivity contribution is 5.47. The van der Waals surface area contributed by atoms with E-state index in [4.69, 9.17) is 9.47 Å². The van der Waals surface area contributed by atoms with Crippen LogP contribution >= 0.6 is 0 Å². The number of ether oxygens (including phenoxy) is 2. The lowest BCUT2D eigenvalue weighted by molar-refractivity contribution is -0.226. The molecule has 0 spiro atoms. The molecule has 2 rings (SSSR count). The summed E-state index contributed by atoms with van der Waals surface area (Å²) in [5.41, 5.74) is 3.35. The quantitative estimate of drug-likeness (QED) is 0.679. The van der Waals surface area contributed by atoms with Crippen LogP contribution in [0.3, 0.4) is 0 Å². The molecule has 0 unspecified atom stereocenters. The van der Waals surface area contributed by atoms with Crippen molar-refractivity contribution in [3.63, 3.8) is 0 Å². The average Bonchev–Trinajstić information content (AvgIpc) is 2.52. The van der Waals surface area contributed by atoms with E-state index in [1.54, 1.807) is 0 Å². The van der Waals surface area contributed by atoms with Gasteiger partial charge in [-0.15, -0.1) is 0 Å². The van der Waals surface area contributed by atoms with Crippen LogP contribution in [0.15, 0.2) is 61.2 Å². The molecule has 0 aliphatic carbocycles. The molecule has 0 amide bonds. The summed E-state index contributed by atoms with van der Waals surface area (Å²) in [6.07, 6.45) is 1.83. The van der Waals surface area contributed by atoms with Crippen molar-refractivity contribution in [1.29, 1.82) is 0 Å². The number of hydrogen-bond donors (Lipinski definition) is 0. The summed E-state index contributed by atoms with van der Waals surface area (Å²) in [5.74, 6) is -0.625. The molecule has 0 fully saturated rings. The molecule has 0 aromatic heterocycles. The molecule has 110 valence electrons. The monoisotopic (exact) mass is 282 g/mol. The van der Waals surface area contributed by atoms with Gasteiger partial charge in [-0.1, -0.05) is 61.2 Å². The highest BCUT2D eigenvalue weighted by Crippen LogP contribution is 2.18. The second kappa shape index (κ2) is 7.21. The van der Waals surface area contributed by atoms with Crippen molar-refractivity contribution in [3.8, 4) is 0 Å². The van der Waals surface area contributed by atoms with Crippen molar-refractivity contribution in [2.45, 2.75) is 32.8 Å². The van der Waals surface area contributed by atoms with E-state index in [1.807, 2.05) is 68.5 Å². The van der Waals surface area contributed by atoms with Crippen LogP contribution in [0.25, 0.3) is 6.08 Å². The van der Waals surface area contributed by atoms with Crippen molar-refractivity contribution >= 4 is 6.08 Å². The van der Waals surface area contributed by atoms with Gasteiger partial charge in [0, 0.05) is 0 Å². The second-order valence-corrected chi connectivity index (χ2v) is 5.41. The molecule has 0 heterocycles. The highest BCUT2D eigenvalue weighted by atomic mass is 16.7. The van der Waals surface area contributed by atoms with Gasteiger partial charge < -0.3 is 9.47 Å². The van der Waals surface area contributed by atoms with Crippen molar-refractivity contribution in [3.05, 3.63) is 77.9 Å². The van der Waals surface area contributed by atoms with Crippen molar-refractivity contribution in [2.75, 3.05) is 0 Å². The molecule has 0 radical (unpaired) electrons. The Labute approximate surface area is 127 Å². The Morgan fingerprint density at radius 1 is 0.905 bits per heavy atom. The van der Waals surface area contributed by atoms with Crippen molar-refractivity contribution in [1.82, 2.24) is 0 Å².